The predicted octanol–water partition coefficient (Wildman–Crippen LogP) is 2.68. The van der Waals surface area contributed by atoms with Crippen molar-refractivity contribution in [2.45, 2.75) is 20.8 Å². The van der Waals surface area contributed by atoms with Gasteiger partial charge in [0.2, 0.25) is 5.65 Å². The second-order valence-corrected chi connectivity index (χ2v) is 5.64. The number of nitrogens with one attached hydrogen (secondary N) is 1. The van der Waals surface area contributed by atoms with Crippen LogP contribution >= 0.6 is 0 Å². The first-order valence-electron chi connectivity index (χ1n) is 7.90. The van der Waals surface area contributed by atoms with Crippen LogP contribution in [0.1, 0.15) is 18.2 Å². The van der Waals surface area contributed by atoms with Crippen molar-refractivity contribution >= 4 is 17.0 Å². The summed E-state index contributed by atoms with van der Waals surface area (Å²) in [4.78, 5) is 2.36. The van der Waals surface area contributed by atoms with E-state index in [2.05, 4.69) is 63.6 Å². The summed E-state index contributed by atoms with van der Waals surface area (Å²) in [6.07, 6.45) is 1.62. The lowest BCUT2D eigenvalue weighted by Gasteiger charge is -2.24. The van der Waals surface area contributed by atoms with E-state index in [4.69, 9.17) is 0 Å². The molecule has 23 heavy (non-hydrogen) atoms. The van der Waals surface area contributed by atoms with Gasteiger partial charge in [-0.15, -0.1) is 10.2 Å². The maximum atomic E-state index is 4.35. The summed E-state index contributed by atoms with van der Waals surface area (Å²) in [5, 5.41) is 15.9. The lowest BCUT2D eigenvalue weighted by atomic mass is 10.2. The average molecular weight is 310 g/mol. The lowest BCUT2D eigenvalue weighted by molar-refractivity contribution is 0.832. The van der Waals surface area contributed by atoms with Crippen molar-refractivity contribution in [1.29, 1.82) is 0 Å². The highest BCUT2D eigenvalue weighted by Gasteiger charge is 2.08. The van der Waals surface area contributed by atoms with Gasteiger partial charge in [0.1, 0.15) is 6.33 Å². The van der Waals surface area contributed by atoms with Crippen LogP contribution in [0.5, 0.6) is 0 Å². The molecular formula is C17H22N6. The van der Waals surface area contributed by atoms with Crippen molar-refractivity contribution in [2.24, 2.45) is 0 Å². The van der Waals surface area contributed by atoms with E-state index in [-0.39, 0.29) is 0 Å². The van der Waals surface area contributed by atoms with Crippen LogP contribution < -0.4 is 10.2 Å². The fourth-order valence-corrected chi connectivity index (χ4v) is 2.70. The number of likely N-dealkylation sites (N-methyl/N-ethyl adjacent to an activating group) is 1. The number of aryl methyl sites for hydroxylation is 2. The smallest absolute Gasteiger partial charge is 0.200 e. The molecule has 0 radical (unpaired) electrons. The zero-order chi connectivity index (χ0) is 16.2. The van der Waals surface area contributed by atoms with Gasteiger partial charge in [-0.1, -0.05) is 12.1 Å². The topological polar surface area (TPSA) is 58.4 Å². The summed E-state index contributed by atoms with van der Waals surface area (Å²) in [7, 11) is 0. The molecule has 0 aliphatic carbocycles. The molecule has 0 aliphatic heterocycles. The molecule has 0 saturated heterocycles. The van der Waals surface area contributed by atoms with E-state index in [0.717, 1.165) is 36.7 Å². The molecule has 0 amide bonds. The highest BCUT2D eigenvalue weighted by molar-refractivity contribution is 5.66. The molecule has 120 valence electrons. The van der Waals surface area contributed by atoms with E-state index in [1.165, 1.54) is 11.3 Å². The molecule has 1 N–H and O–H groups in total. The molecular weight excluding hydrogens is 288 g/mol. The van der Waals surface area contributed by atoms with Crippen LogP contribution in [0.2, 0.25) is 0 Å². The summed E-state index contributed by atoms with van der Waals surface area (Å²) in [5.41, 5.74) is 5.20. The number of hydrogen-bond donors (Lipinski definition) is 1. The normalized spacial score (nSPS) is 10.9. The first-order valence-corrected chi connectivity index (χ1v) is 7.90. The first-order chi connectivity index (χ1) is 11.2. The van der Waals surface area contributed by atoms with Gasteiger partial charge in [0, 0.05) is 25.3 Å². The van der Waals surface area contributed by atoms with Crippen LogP contribution in [0.25, 0.3) is 5.65 Å². The van der Waals surface area contributed by atoms with Gasteiger partial charge in [0.15, 0.2) is 0 Å². The highest BCUT2D eigenvalue weighted by Crippen LogP contribution is 2.17. The van der Waals surface area contributed by atoms with E-state index in [9.17, 15) is 0 Å². The number of rotatable bonds is 6. The Morgan fingerprint density at radius 1 is 1.22 bits per heavy atom. The molecule has 0 atom stereocenters. The van der Waals surface area contributed by atoms with Gasteiger partial charge in [-0.05, 0) is 44.5 Å². The Morgan fingerprint density at radius 2 is 2.09 bits per heavy atom. The van der Waals surface area contributed by atoms with Gasteiger partial charge in [0.25, 0.3) is 0 Å². The zero-order valence-corrected chi connectivity index (χ0v) is 13.8. The Hall–Kier alpha value is -2.63. The Morgan fingerprint density at radius 3 is 2.87 bits per heavy atom. The summed E-state index contributed by atoms with van der Waals surface area (Å²) in [5.74, 6) is 0. The minimum Gasteiger partial charge on any atom is -0.380 e. The summed E-state index contributed by atoms with van der Waals surface area (Å²) in [6.45, 7) is 8.99. The van der Waals surface area contributed by atoms with Crippen molar-refractivity contribution in [3.63, 3.8) is 0 Å². The van der Waals surface area contributed by atoms with Gasteiger partial charge in [-0.2, -0.15) is 9.61 Å². The first kappa shape index (κ1) is 15.3. The molecule has 0 fully saturated rings. The maximum absolute atomic E-state index is 4.35. The summed E-state index contributed by atoms with van der Waals surface area (Å²) < 4.78 is 1.70. The molecule has 2 aromatic heterocycles. The van der Waals surface area contributed by atoms with Crippen molar-refractivity contribution in [2.75, 3.05) is 29.9 Å². The van der Waals surface area contributed by atoms with Crippen LogP contribution in [-0.4, -0.2) is 39.4 Å². The zero-order valence-electron chi connectivity index (χ0n) is 13.8. The van der Waals surface area contributed by atoms with E-state index in [1.807, 2.05) is 13.0 Å². The SMILES string of the molecule is CCN(CCNc1cc(C)nn2cnnc12)c1cccc(C)c1. The molecule has 3 aromatic rings. The van der Waals surface area contributed by atoms with Crippen LogP contribution in [0.15, 0.2) is 36.7 Å². The van der Waals surface area contributed by atoms with E-state index in [1.54, 1.807) is 10.8 Å². The predicted molar refractivity (Wildman–Crippen MR) is 93.1 cm³/mol. The molecule has 0 aliphatic rings. The number of nitrogens with zero attached hydrogens (tertiary/aromatic N) is 5. The van der Waals surface area contributed by atoms with E-state index >= 15 is 0 Å². The minimum absolute atomic E-state index is 0.759. The number of benzene rings is 1. The highest BCUT2D eigenvalue weighted by atomic mass is 15.3. The Bertz CT molecular complexity index is 795. The van der Waals surface area contributed by atoms with Gasteiger partial charge in [0.05, 0.1) is 11.4 Å². The largest absolute Gasteiger partial charge is 0.380 e. The van der Waals surface area contributed by atoms with Crippen LogP contribution in [-0.2, 0) is 0 Å². The number of aromatic nitrogens is 4. The summed E-state index contributed by atoms with van der Waals surface area (Å²) >= 11 is 0. The van der Waals surface area contributed by atoms with Gasteiger partial charge in [-0.3, -0.25) is 0 Å². The van der Waals surface area contributed by atoms with Crippen molar-refractivity contribution in [3.05, 3.63) is 47.9 Å². The Labute approximate surface area is 136 Å². The summed E-state index contributed by atoms with van der Waals surface area (Å²) in [6, 6.07) is 10.6. The third-order valence-electron chi connectivity index (χ3n) is 3.84. The molecule has 6 nitrogen and oxygen atoms in total. The Kier molecular flexibility index (Phi) is 4.41. The number of hydrogen-bond acceptors (Lipinski definition) is 5. The number of anilines is 2. The van der Waals surface area contributed by atoms with Crippen LogP contribution in [0.3, 0.4) is 0 Å². The quantitative estimate of drug-likeness (QED) is 0.758. The van der Waals surface area contributed by atoms with Gasteiger partial charge < -0.3 is 10.2 Å². The molecule has 3 rings (SSSR count). The van der Waals surface area contributed by atoms with E-state index < -0.39 is 0 Å². The third kappa shape index (κ3) is 3.41. The third-order valence-corrected chi connectivity index (χ3v) is 3.84. The molecule has 1 aromatic carbocycles. The fraction of sp³-hybridized carbons (Fsp3) is 0.353. The van der Waals surface area contributed by atoms with Crippen LogP contribution in [0, 0.1) is 13.8 Å². The molecule has 2 heterocycles. The maximum Gasteiger partial charge on any atom is 0.200 e. The molecule has 0 unspecified atom stereocenters. The second kappa shape index (κ2) is 6.64. The monoisotopic (exact) mass is 310 g/mol. The minimum atomic E-state index is 0.759. The lowest BCUT2D eigenvalue weighted by Crippen LogP contribution is -2.29. The van der Waals surface area contributed by atoms with Crippen LogP contribution in [0.4, 0.5) is 11.4 Å². The molecule has 6 heteroatoms. The van der Waals surface area contributed by atoms with E-state index in [0.29, 0.717) is 0 Å². The molecule has 0 spiro atoms. The fourth-order valence-electron chi connectivity index (χ4n) is 2.70. The Balaban J connectivity index is 1.69. The van der Waals surface area contributed by atoms with Gasteiger partial charge >= 0.3 is 0 Å². The van der Waals surface area contributed by atoms with Gasteiger partial charge in [-0.25, -0.2) is 0 Å². The number of fused-ring (bicyclic) bond motifs is 1. The molecule has 0 bridgehead atoms. The van der Waals surface area contributed by atoms with Crippen molar-refractivity contribution in [1.82, 2.24) is 19.8 Å². The molecule has 0 saturated carbocycles. The second-order valence-electron chi connectivity index (χ2n) is 5.64. The van der Waals surface area contributed by atoms with Crippen molar-refractivity contribution < 1.29 is 0 Å². The van der Waals surface area contributed by atoms with Crippen molar-refractivity contribution in [3.8, 4) is 0 Å². The average Bonchev–Trinajstić information content (AvgIpc) is 2.99. The standard InChI is InChI=1S/C17H22N6/c1-4-22(15-7-5-6-13(2)10-15)9-8-18-16-11-14(3)21-23-12-19-20-17(16)23/h5-7,10-12,18H,4,8-9H2,1-3H3.